The SMILES string of the molecule is O=C(CSCc1cccc2ccccc12)Nc1ccc(-c2nnc(-c3ccccc3)o2)cc1. The third-order valence-corrected chi connectivity index (χ3v) is 6.21. The van der Waals surface area contributed by atoms with E-state index in [1.807, 2.05) is 66.7 Å². The van der Waals surface area contributed by atoms with Gasteiger partial charge in [-0.05, 0) is 52.7 Å². The Hall–Kier alpha value is -3.90. The number of fused-ring (bicyclic) bond motifs is 1. The topological polar surface area (TPSA) is 68.0 Å². The van der Waals surface area contributed by atoms with Crippen molar-refractivity contribution in [2.75, 3.05) is 11.1 Å². The zero-order chi connectivity index (χ0) is 22.5. The summed E-state index contributed by atoms with van der Waals surface area (Å²) in [6.45, 7) is 0. The number of nitrogens with one attached hydrogen (secondary N) is 1. The van der Waals surface area contributed by atoms with Gasteiger partial charge in [0.1, 0.15) is 0 Å². The van der Waals surface area contributed by atoms with Crippen LogP contribution in [0.1, 0.15) is 5.56 Å². The van der Waals surface area contributed by atoms with Gasteiger partial charge >= 0.3 is 0 Å². The molecule has 0 unspecified atom stereocenters. The average molecular weight is 452 g/mol. The molecule has 0 aliphatic carbocycles. The van der Waals surface area contributed by atoms with E-state index in [1.54, 1.807) is 11.8 Å². The Balaban J connectivity index is 1.17. The van der Waals surface area contributed by atoms with Crippen molar-refractivity contribution in [3.63, 3.8) is 0 Å². The van der Waals surface area contributed by atoms with E-state index in [2.05, 4.69) is 45.8 Å². The fourth-order valence-corrected chi connectivity index (χ4v) is 4.43. The molecule has 33 heavy (non-hydrogen) atoms. The second-order valence-corrected chi connectivity index (χ2v) is 8.52. The van der Waals surface area contributed by atoms with E-state index >= 15 is 0 Å². The van der Waals surface area contributed by atoms with Gasteiger partial charge in [0.2, 0.25) is 17.7 Å². The number of anilines is 1. The fourth-order valence-electron chi connectivity index (χ4n) is 3.60. The van der Waals surface area contributed by atoms with Gasteiger partial charge in [0.25, 0.3) is 0 Å². The number of thioether (sulfide) groups is 1. The third-order valence-electron chi connectivity index (χ3n) is 5.23. The van der Waals surface area contributed by atoms with Crippen molar-refractivity contribution in [3.05, 3.63) is 103 Å². The Kier molecular flexibility index (Phi) is 6.17. The third kappa shape index (κ3) is 4.96. The summed E-state index contributed by atoms with van der Waals surface area (Å²) >= 11 is 1.60. The number of carbonyl (C=O) groups is 1. The largest absolute Gasteiger partial charge is 0.416 e. The molecule has 4 aromatic carbocycles. The number of hydrogen-bond acceptors (Lipinski definition) is 5. The first-order chi connectivity index (χ1) is 16.3. The summed E-state index contributed by atoms with van der Waals surface area (Å²) in [5, 5.41) is 13.7. The zero-order valence-corrected chi connectivity index (χ0v) is 18.6. The number of carbonyl (C=O) groups excluding carboxylic acids is 1. The lowest BCUT2D eigenvalue weighted by molar-refractivity contribution is -0.113. The van der Waals surface area contributed by atoms with Gasteiger partial charge in [-0.1, -0.05) is 60.7 Å². The molecule has 0 fully saturated rings. The van der Waals surface area contributed by atoms with E-state index in [0.717, 1.165) is 22.6 Å². The van der Waals surface area contributed by atoms with E-state index in [9.17, 15) is 4.79 Å². The molecule has 0 atom stereocenters. The lowest BCUT2D eigenvalue weighted by Gasteiger charge is -2.08. The highest BCUT2D eigenvalue weighted by Gasteiger charge is 2.11. The Morgan fingerprint density at radius 3 is 2.21 bits per heavy atom. The first-order valence-electron chi connectivity index (χ1n) is 10.6. The number of aromatic nitrogens is 2. The predicted octanol–water partition coefficient (Wildman–Crippen LogP) is 6.43. The van der Waals surface area contributed by atoms with E-state index in [4.69, 9.17) is 4.42 Å². The van der Waals surface area contributed by atoms with Crippen molar-refractivity contribution < 1.29 is 9.21 Å². The Morgan fingerprint density at radius 1 is 0.758 bits per heavy atom. The van der Waals surface area contributed by atoms with Crippen LogP contribution in [-0.4, -0.2) is 21.9 Å². The predicted molar refractivity (Wildman–Crippen MR) is 134 cm³/mol. The fraction of sp³-hybridized carbons (Fsp3) is 0.0741. The van der Waals surface area contributed by atoms with Crippen molar-refractivity contribution in [2.45, 2.75) is 5.75 Å². The van der Waals surface area contributed by atoms with Crippen LogP contribution in [0.15, 0.2) is 101 Å². The molecule has 1 aromatic heterocycles. The van der Waals surface area contributed by atoms with Crippen LogP contribution in [0.2, 0.25) is 0 Å². The molecule has 1 heterocycles. The Bertz CT molecular complexity index is 1380. The van der Waals surface area contributed by atoms with Crippen LogP contribution in [-0.2, 0) is 10.5 Å². The van der Waals surface area contributed by atoms with Crippen molar-refractivity contribution in [2.24, 2.45) is 0 Å². The van der Waals surface area contributed by atoms with Gasteiger partial charge in [-0.25, -0.2) is 0 Å². The Labute approximate surface area is 195 Å². The van der Waals surface area contributed by atoms with Crippen LogP contribution in [0.5, 0.6) is 0 Å². The van der Waals surface area contributed by atoms with Gasteiger partial charge in [-0.2, -0.15) is 0 Å². The summed E-state index contributed by atoms with van der Waals surface area (Å²) in [7, 11) is 0. The molecule has 0 aliphatic heterocycles. The molecular weight excluding hydrogens is 430 g/mol. The normalized spacial score (nSPS) is 10.9. The van der Waals surface area contributed by atoms with Gasteiger partial charge < -0.3 is 9.73 Å². The quantitative estimate of drug-likeness (QED) is 0.309. The second-order valence-electron chi connectivity index (χ2n) is 7.53. The molecular formula is C27H21N3O2S. The molecule has 0 saturated heterocycles. The minimum atomic E-state index is -0.0304. The highest BCUT2D eigenvalue weighted by Crippen LogP contribution is 2.25. The first kappa shape index (κ1) is 21.0. The van der Waals surface area contributed by atoms with E-state index in [1.165, 1.54) is 16.3 Å². The summed E-state index contributed by atoms with van der Waals surface area (Å²) in [5.41, 5.74) is 3.65. The number of nitrogens with zero attached hydrogens (tertiary/aromatic N) is 2. The summed E-state index contributed by atoms with van der Waals surface area (Å²) in [6, 6.07) is 31.7. The molecule has 0 bridgehead atoms. The number of rotatable bonds is 7. The lowest BCUT2D eigenvalue weighted by atomic mass is 10.1. The van der Waals surface area contributed by atoms with Crippen molar-refractivity contribution >= 4 is 34.1 Å². The van der Waals surface area contributed by atoms with Crippen LogP contribution < -0.4 is 5.32 Å². The van der Waals surface area contributed by atoms with Crippen molar-refractivity contribution in [1.82, 2.24) is 10.2 Å². The van der Waals surface area contributed by atoms with Crippen LogP contribution in [0, 0.1) is 0 Å². The molecule has 0 spiro atoms. The zero-order valence-electron chi connectivity index (χ0n) is 17.8. The minimum absolute atomic E-state index is 0.0304. The maximum absolute atomic E-state index is 12.4. The van der Waals surface area contributed by atoms with Crippen molar-refractivity contribution in [3.8, 4) is 22.9 Å². The van der Waals surface area contributed by atoms with Crippen LogP contribution in [0.4, 0.5) is 5.69 Å². The van der Waals surface area contributed by atoms with Gasteiger partial charge in [0.15, 0.2) is 0 Å². The number of benzene rings is 4. The molecule has 1 amide bonds. The summed E-state index contributed by atoms with van der Waals surface area (Å²) in [6.07, 6.45) is 0. The molecule has 6 heteroatoms. The standard InChI is InChI=1S/C27H21N3O2S/c31-25(18-33-17-22-11-6-10-19-7-4-5-12-24(19)22)28-23-15-13-21(14-16-23)27-30-29-26(32-27)20-8-2-1-3-9-20/h1-16H,17-18H2,(H,28,31). The molecule has 0 saturated carbocycles. The van der Waals surface area contributed by atoms with Gasteiger partial charge in [0, 0.05) is 22.6 Å². The summed E-state index contributed by atoms with van der Waals surface area (Å²) in [4.78, 5) is 12.4. The van der Waals surface area contributed by atoms with Crippen LogP contribution in [0.3, 0.4) is 0 Å². The van der Waals surface area contributed by atoms with Crippen LogP contribution in [0.25, 0.3) is 33.7 Å². The highest BCUT2D eigenvalue weighted by molar-refractivity contribution is 7.99. The number of hydrogen-bond donors (Lipinski definition) is 1. The monoisotopic (exact) mass is 451 g/mol. The minimum Gasteiger partial charge on any atom is -0.416 e. The first-order valence-corrected chi connectivity index (χ1v) is 11.8. The van der Waals surface area contributed by atoms with Gasteiger partial charge in [0.05, 0.1) is 5.75 Å². The Morgan fingerprint density at radius 2 is 1.42 bits per heavy atom. The molecule has 5 rings (SSSR count). The molecule has 5 nitrogen and oxygen atoms in total. The van der Waals surface area contributed by atoms with Gasteiger partial charge in [-0.15, -0.1) is 22.0 Å². The lowest BCUT2D eigenvalue weighted by Crippen LogP contribution is -2.14. The maximum Gasteiger partial charge on any atom is 0.248 e. The molecule has 5 aromatic rings. The van der Waals surface area contributed by atoms with E-state index < -0.39 is 0 Å². The summed E-state index contributed by atoms with van der Waals surface area (Å²) < 4.78 is 5.79. The molecule has 162 valence electrons. The van der Waals surface area contributed by atoms with Gasteiger partial charge in [-0.3, -0.25) is 4.79 Å². The number of amides is 1. The van der Waals surface area contributed by atoms with Crippen molar-refractivity contribution in [1.29, 1.82) is 0 Å². The molecule has 1 N–H and O–H groups in total. The summed E-state index contributed by atoms with van der Waals surface area (Å²) in [5.74, 6) is 2.06. The molecule has 0 aliphatic rings. The van der Waals surface area contributed by atoms with E-state index in [-0.39, 0.29) is 5.91 Å². The highest BCUT2D eigenvalue weighted by atomic mass is 32.2. The molecule has 0 radical (unpaired) electrons. The second kappa shape index (κ2) is 9.71. The smallest absolute Gasteiger partial charge is 0.248 e. The maximum atomic E-state index is 12.4. The van der Waals surface area contributed by atoms with E-state index in [0.29, 0.717) is 17.5 Å². The average Bonchev–Trinajstić information content (AvgIpc) is 3.36. The van der Waals surface area contributed by atoms with Crippen LogP contribution >= 0.6 is 11.8 Å².